The number of carbonyl (C=O) groups is 2. The van der Waals surface area contributed by atoms with Crippen LogP contribution in [0, 0.1) is 0 Å². The highest BCUT2D eigenvalue weighted by Gasteiger charge is 2.26. The van der Waals surface area contributed by atoms with Crippen LogP contribution >= 0.6 is 15.9 Å². The zero-order valence-electron chi connectivity index (χ0n) is 14.2. The molecule has 3 rings (SSSR count). The van der Waals surface area contributed by atoms with E-state index in [-0.39, 0.29) is 12.3 Å². The minimum atomic E-state index is -0.460. The number of fused-ring (bicyclic) bond motifs is 1. The second kappa shape index (κ2) is 7.72. The zero-order valence-corrected chi connectivity index (χ0v) is 15.7. The standard InChI is InChI=1S/C19H18BrN3O3/c1-26-16-6-2-12(3-7-16)11-23-17-10-15(20)5-4-13(17)8-14(9-18(23)24)19(25)22-21/h2-8,10H,9,11,21H2,1H3,(H,22,25). The summed E-state index contributed by atoms with van der Waals surface area (Å²) in [7, 11) is 1.61. The molecule has 1 aliphatic rings. The number of methoxy groups -OCH3 is 1. The molecule has 1 heterocycles. The normalized spacial score (nSPS) is 13.6. The number of nitrogens with zero attached hydrogens (tertiary/aromatic N) is 1. The summed E-state index contributed by atoms with van der Waals surface area (Å²) in [5.74, 6) is 5.36. The van der Waals surface area contributed by atoms with E-state index in [0.717, 1.165) is 27.0 Å². The third kappa shape index (κ3) is 3.79. The summed E-state index contributed by atoms with van der Waals surface area (Å²) >= 11 is 3.45. The average molecular weight is 416 g/mol. The van der Waals surface area contributed by atoms with Gasteiger partial charge in [0, 0.05) is 10.0 Å². The Labute approximate surface area is 159 Å². The van der Waals surface area contributed by atoms with E-state index in [0.29, 0.717) is 12.1 Å². The van der Waals surface area contributed by atoms with Crippen molar-refractivity contribution in [3.05, 3.63) is 63.6 Å². The molecule has 0 fully saturated rings. The van der Waals surface area contributed by atoms with E-state index in [4.69, 9.17) is 10.6 Å². The first kappa shape index (κ1) is 18.2. The van der Waals surface area contributed by atoms with Crippen molar-refractivity contribution in [2.24, 2.45) is 5.84 Å². The topological polar surface area (TPSA) is 84.7 Å². The van der Waals surface area contributed by atoms with Crippen molar-refractivity contribution in [3.63, 3.8) is 0 Å². The Morgan fingerprint density at radius 3 is 2.65 bits per heavy atom. The second-order valence-electron chi connectivity index (χ2n) is 5.85. The highest BCUT2D eigenvalue weighted by Crippen LogP contribution is 2.32. The Bertz CT molecular complexity index is 878. The van der Waals surface area contributed by atoms with E-state index in [2.05, 4.69) is 21.4 Å². The number of hydrogen-bond donors (Lipinski definition) is 2. The third-order valence-electron chi connectivity index (χ3n) is 4.18. The number of rotatable bonds is 4. The Kier molecular flexibility index (Phi) is 5.39. The van der Waals surface area contributed by atoms with Crippen molar-refractivity contribution in [1.29, 1.82) is 0 Å². The van der Waals surface area contributed by atoms with Gasteiger partial charge in [-0.25, -0.2) is 5.84 Å². The van der Waals surface area contributed by atoms with Crippen molar-refractivity contribution < 1.29 is 14.3 Å². The SMILES string of the molecule is COc1ccc(CN2C(=O)CC(C(=O)NN)=Cc3ccc(Br)cc32)cc1. The molecule has 0 aliphatic carbocycles. The maximum absolute atomic E-state index is 12.9. The van der Waals surface area contributed by atoms with Crippen LogP contribution in [0.5, 0.6) is 5.75 Å². The number of halogens is 1. The van der Waals surface area contributed by atoms with Crippen molar-refractivity contribution in [2.75, 3.05) is 12.0 Å². The maximum Gasteiger partial charge on any atom is 0.261 e. The predicted octanol–water partition coefficient (Wildman–Crippen LogP) is 2.77. The highest BCUT2D eigenvalue weighted by molar-refractivity contribution is 9.10. The first-order valence-corrected chi connectivity index (χ1v) is 8.75. The van der Waals surface area contributed by atoms with Crippen molar-refractivity contribution in [3.8, 4) is 5.75 Å². The molecule has 2 aromatic rings. The first-order chi connectivity index (χ1) is 12.5. The number of nitrogens with two attached hydrogens (primary N) is 1. The number of nitrogens with one attached hydrogen (secondary N) is 1. The molecule has 0 radical (unpaired) electrons. The monoisotopic (exact) mass is 415 g/mol. The van der Waals surface area contributed by atoms with Crippen LogP contribution in [-0.2, 0) is 16.1 Å². The Morgan fingerprint density at radius 1 is 1.27 bits per heavy atom. The fraction of sp³-hybridized carbons (Fsp3) is 0.158. The average Bonchev–Trinajstić information content (AvgIpc) is 2.79. The van der Waals surface area contributed by atoms with Gasteiger partial charge in [-0.1, -0.05) is 34.1 Å². The molecule has 0 saturated carbocycles. The Morgan fingerprint density at radius 2 is 2.00 bits per heavy atom. The Balaban J connectivity index is 2.00. The van der Waals surface area contributed by atoms with E-state index < -0.39 is 5.91 Å². The van der Waals surface area contributed by atoms with Crippen LogP contribution in [0.3, 0.4) is 0 Å². The largest absolute Gasteiger partial charge is 0.497 e. The number of benzene rings is 2. The molecule has 0 unspecified atom stereocenters. The van der Waals surface area contributed by atoms with Crippen LogP contribution < -0.4 is 20.9 Å². The van der Waals surface area contributed by atoms with E-state index >= 15 is 0 Å². The first-order valence-electron chi connectivity index (χ1n) is 7.96. The fourth-order valence-corrected chi connectivity index (χ4v) is 3.18. The lowest BCUT2D eigenvalue weighted by Crippen LogP contribution is -2.34. The molecular weight excluding hydrogens is 398 g/mol. The molecule has 0 spiro atoms. The minimum Gasteiger partial charge on any atom is -0.497 e. The van der Waals surface area contributed by atoms with Gasteiger partial charge in [-0.2, -0.15) is 0 Å². The second-order valence-corrected chi connectivity index (χ2v) is 6.77. The maximum atomic E-state index is 12.9. The summed E-state index contributed by atoms with van der Waals surface area (Å²) in [6.07, 6.45) is 1.68. The number of hydrazine groups is 1. The van der Waals surface area contributed by atoms with Gasteiger partial charge in [0.15, 0.2) is 0 Å². The predicted molar refractivity (Wildman–Crippen MR) is 103 cm³/mol. The summed E-state index contributed by atoms with van der Waals surface area (Å²) in [6, 6.07) is 13.1. The van der Waals surface area contributed by atoms with Gasteiger partial charge in [-0.15, -0.1) is 0 Å². The van der Waals surface area contributed by atoms with Crippen molar-refractivity contribution in [1.82, 2.24) is 5.43 Å². The van der Waals surface area contributed by atoms with Crippen LogP contribution in [0.4, 0.5) is 5.69 Å². The quantitative estimate of drug-likeness (QED) is 0.456. The van der Waals surface area contributed by atoms with Gasteiger partial charge in [-0.05, 0) is 41.5 Å². The molecule has 2 amide bonds. The van der Waals surface area contributed by atoms with Crippen LogP contribution in [0.2, 0.25) is 0 Å². The van der Waals surface area contributed by atoms with E-state index in [1.807, 2.05) is 42.5 Å². The molecule has 2 aromatic carbocycles. The van der Waals surface area contributed by atoms with Gasteiger partial charge in [0.1, 0.15) is 5.75 Å². The van der Waals surface area contributed by atoms with Gasteiger partial charge in [0.25, 0.3) is 5.91 Å². The van der Waals surface area contributed by atoms with E-state index in [9.17, 15) is 9.59 Å². The Hall–Kier alpha value is -2.64. The molecule has 3 N–H and O–H groups in total. The minimum absolute atomic E-state index is 0.0223. The van der Waals surface area contributed by atoms with Gasteiger partial charge < -0.3 is 9.64 Å². The molecule has 1 aliphatic heterocycles. The molecule has 0 saturated heterocycles. The van der Waals surface area contributed by atoms with Crippen LogP contribution in [0.25, 0.3) is 6.08 Å². The van der Waals surface area contributed by atoms with Gasteiger partial charge in [-0.3, -0.25) is 15.0 Å². The molecule has 26 heavy (non-hydrogen) atoms. The number of carbonyl (C=O) groups excluding carboxylic acids is 2. The van der Waals surface area contributed by atoms with Crippen LogP contribution in [-0.4, -0.2) is 18.9 Å². The number of amides is 2. The van der Waals surface area contributed by atoms with E-state index in [1.54, 1.807) is 18.1 Å². The molecular formula is C19H18BrN3O3. The van der Waals surface area contributed by atoms with Gasteiger partial charge in [0.05, 0.1) is 25.8 Å². The molecule has 0 bridgehead atoms. The fourth-order valence-electron chi connectivity index (χ4n) is 2.83. The molecule has 6 nitrogen and oxygen atoms in total. The number of anilines is 1. The summed E-state index contributed by atoms with van der Waals surface area (Å²) < 4.78 is 6.02. The zero-order chi connectivity index (χ0) is 18.7. The summed E-state index contributed by atoms with van der Waals surface area (Å²) in [6.45, 7) is 0.387. The van der Waals surface area contributed by atoms with E-state index in [1.165, 1.54) is 0 Å². The number of hydrogen-bond acceptors (Lipinski definition) is 4. The van der Waals surface area contributed by atoms with Gasteiger partial charge >= 0.3 is 0 Å². The van der Waals surface area contributed by atoms with Crippen molar-refractivity contribution in [2.45, 2.75) is 13.0 Å². The van der Waals surface area contributed by atoms with Crippen LogP contribution in [0.15, 0.2) is 52.5 Å². The molecule has 0 atom stereocenters. The lowest BCUT2D eigenvalue weighted by Gasteiger charge is -2.23. The summed E-state index contributed by atoms with van der Waals surface area (Å²) in [5, 5.41) is 0. The number of ether oxygens (including phenoxy) is 1. The van der Waals surface area contributed by atoms with Gasteiger partial charge in [0.2, 0.25) is 5.91 Å². The summed E-state index contributed by atoms with van der Waals surface area (Å²) in [5.41, 5.74) is 4.91. The molecule has 7 heteroatoms. The third-order valence-corrected chi connectivity index (χ3v) is 4.67. The summed E-state index contributed by atoms with van der Waals surface area (Å²) in [4.78, 5) is 26.5. The lowest BCUT2D eigenvalue weighted by atomic mass is 10.1. The van der Waals surface area contributed by atoms with Crippen molar-refractivity contribution >= 4 is 39.5 Å². The van der Waals surface area contributed by atoms with Crippen LogP contribution in [0.1, 0.15) is 17.5 Å². The highest BCUT2D eigenvalue weighted by atomic mass is 79.9. The lowest BCUT2D eigenvalue weighted by molar-refractivity contribution is -0.121. The molecule has 0 aromatic heterocycles. The molecule has 134 valence electrons. The smallest absolute Gasteiger partial charge is 0.261 e.